The number of halogens is 1. The first-order valence-electron chi connectivity index (χ1n) is 9.35. The van der Waals surface area contributed by atoms with Crippen molar-refractivity contribution >= 4 is 29.7 Å². The number of hydroxylamine groups is 2. The summed E-state index contributed by atoms with van der Waals surface area (Å²) in [6, 6.07) is 14.5. The number of nitrogens with zero attached hydrogens (tertiary/aromatic N) is 2. The summed E-state index contributed by atoms with van der Waals surface area (Å²) >= 11 is 1.83. The molecule has 0 aliphatic carbocycles. The second-order valence-corrected chi connectivity index (χ2v) is 8.10. The van der Waals surface area contributed by atoms with Crippen molar-refractivity contribution in [3.8, 4) is 0 Å². The van der Waals surface area contributed by atoms with Gasteiger partial charge in [0, 0.05) is 31.4 Å². The molecule has 1 aliphatic heterocycles. The Kier molecular flexibility index (Phi) is 8.77. The molecule has 1 saturated heterocycles. The quantitative estimate of drug-likeness (QED) is 0.636. The lowest BCUT2D eigenvalue weighted by atomic mass is 9.93. The van der Waals surface area contributed by atoms with Gasteiger partial charge in [0.15, 0.2) is 0 Å². The third-order valence-corrected chi connectivity index (χ3v) is 5.96. The molecule has 1 fully saturated rings. The monoisotopic (exact) mass is 408 g/mol. The van der Waals surface area contributed by atoms with Crippen molar-refractivity contribution in [2.24, 2.45) is 5.92 Å². The molecule has 1 aliphatic rings. The fourth-order valence-electron chi connectivity index (χ4n) is 3.63. The number of benzene rings is 1. The molecule has 1 amide bonds. The van der Waals surface area contributed by atoms with E-state index in [0.29, 0.717) is 12.5 Å². The van der Waals surface area contributed by atoms with Crippen LogP contribution in [0.15, 0.2) is 47.8 Å². The molecule has 2 unspecified atom stereocenters. The minimum absolute atomic E-state index is 0. The number of rotatable bonds is 7. The van der Waals surface area contributed by atoms with Gasteiger partial charge in [0.1, 0.15) is 6.61 Å². The molecule has 1 aromatic carbocycles. The second kappa shape index (κ2) is 10.8. The maximum atomic E-state index is 12.2. The van der Waals surface area contributed by atoms with Gasteiger partial charge in [-0.15, -0.1) is 23.7 Å². The van der Waals surface area contributed by atoms with Crippen LogP contribution < -0.4 is 0 Å². The van der Waals surface area contributed by atoms with Crippen molar-refractivity contribution in [2.75, 3.05) is 19.6 Å². The van der Waals surface area contributed by atoms with Crippen molar-refractivity contribution in [3.05, 3.63) is 58.3 Å². The molecule has 0 spiro atoms. The fraction of sp³-hybridized carbons (Fsp3) is 0.476. The van der Waals surface area contributed by atoms with Gasteiger partial charge in [-0.3, -0.25) is 9.63 Å². The van der Waals surface area contributed by atoms with Crippen LogP contribution in [0.3, 0.4) is 0 Å². The summed E-state index contributed by atoms with van der Waals surface area (Å²) in [5.41, 5.74) is 1.08. The summed E-state index contributed by atoms with van der Waals surface area (Å²) < 4.78 is 0. The van der Waals surface area contributed by atoms with Gasteiger partial charge >= 0.3 is 0 Å². The average molecular weight is 409 g/mol. The van der Waals surface area contributed by atoms with Crippen molar-refractivity contribution in [1.82, 2.24) is 9.96 Å². The van der Waals surface area contributed by atoms with Gasteiger partial charge in [0.2, 0.25) is 5.91 Å². The molecule has 148 valence electrons. The van der Waals surface area contributed by atoms with Crippen LogP contribution in [-0.2, 0) is 22.7 Å². The van der Waals surface area contributed by atoms with Gasteiger partial charge in [-0.25, -0.2) is 5.06 Å². The largest absolute Gasteiger partial charge is 0.303 e. The molecule has 0 radical (unpaired) electrons. The van der Waals surface area contributed by atoms with Crippen LogP contribution in [0.2, 0.25) is 0 Å². The van der Waals surface area contributed by atoms with Crippen LogP contribution in [0.1, 0.15) is 30.7 Å². The molecular weight excluding hydrogens is 380 g/mol. The molecule has 2 atom stereocenters. The van der Waals surface area contributed by atoms with Crippen LogP contribution in [-0.4, -0.2) is 41.5 Å². The smallest absolute Gasteiger partial charge is 0.243 e. The average Bonchev–Trinajstić information content (AvgIpc) is 3.16. The number of likely N-dealkylation sites (tertiary alicyclic amines) is 1. The highest BCUT2D eigenvalue weighted by Crippen LogP contribution is 2.24. The molecule has 27 heavy (non-hydrogen) atoms. The SMILES string of the molecule is CC(=O)N(OCc1ccccc1)C1CCN(CCc2cccs2)CC1C.Cl. The minimum Gasteiger partial charge on any atom is -0.303 e. The van der Waals surface area contributed by atoms with Gasteiger partial charge in [-0.1, -0.05) is 43.3 Å². The summed E-state index contributed by atoms with van der Waals surface area (Å²) in [6.07, 6.45) is 2.07. The van der Waals surface area contributed by atoms with E-state index in [1.54, 1.807) is 12.0 Å². The number of piperidine rings is 1. The molecule has 0 saturated carbocycles. The van der Waals surface area contributed by atoms with Crippen LogP contribution >= 0.6 is 23.7 Å². The zero-order valence-corrected chi connectivity index (χ0v) is 17.7. The number of hydrogen-bond acceptors (Lipinski definition) is 4. The Labute approximate surface area is 172 Å². The number of carbonyl (C=O) groups is 1. The highest BCUT2D eigenvalue weighted by atomic mass is 35.5. The molecule has 6 heteroatoms. The number of amides is 1. The van der Waals surface area contributed by atoms with E-state index in [-0.39, 0.29) is 24.4 Å². The maximum Gasteiger partial charge on any atom is 0.243 e. The summed E-state index contributed by atoms with van der Waals surface area (Å²) in [7, 11) is 0. The molecular formula is C21H29ClN2O2S. The first-order valence-corrected chi connectivity index (χ1v) is 10.2. The topological polar surface area (TPSA) is 32.8 Å². The van der Waals surface area contributed by atoms with Crippen LogP contribution in [0.25, 0.3) is 0 Å². The summed E-state index contributed by atoms with van der Waals surface area (Å²) in [4.78, 5) is 22.0. The molecule has 0 bridgehead atoms. The normalized spacial score (nSPS) is 20.1. The third kappa shape index (κ3) is 6.32. The Balaban J connectivity index is 0.00000261. The molecule has 2 aromatic rings. The highest BCUT2D eigenvalue weighted by Gasteiger charge is 2.32. The summed E-state index contributed by atoms with van der Waals surface area (Å²) in [6.45, 7) is 7.37. The van der Waals surface area contributed by atoms with E-state index in [1.165, 1.54) is 4.88 Å². The molecule has 1 aromatic heterocycles. The summed E-state index contributed by atoms with van der Waals surface area (Å²) in [5, 5.41) is 3.76. The van der Waals surface area contributed by atoms with Crippen molar-refractivity contribution in [1.29, 1.82) is 0 Å². The Hall–Kier alpha value is -1.40. The molecule has 3 rings (SSSR count). The van der Waals surface area contributed by atoms with E-state index < -0.39 is 0 Å². The van der Waals surface area contributed by atoms with E-state index in [2.05, 4.69) is 29.3 Å². The number of carbonyl (C=O) groups excluding carboxylic acids is 1. The van der Waals surface area contributed by atoms with Crippen LogP contribution in [0, 0.1) is 5.92 Å². The van der Waals surface area contributed by atoms with Crippen LogP contribution in [0.4, 0.5) is 0 Å². The van der Waals surface area contributed by atoms with E-state index in [0.717, 1.165) is 38.0 Å². The van der Waals surface area contributed by atoms with Crippen molar-refractivity contribution in [3.63, 3.8) is 0 Å². The van der Waals surface area contributed by atoms with Gasteiger partial charge in [-0.05, 0) is 35.8 Å². The van der Waals surface area contributed by atoms with Gasteiger partial charge < -0.3 is 4.90 Å². The summed E-state index contributed by atoms with van der Waals surface area (Å²) in [5.74, 6) is 0.386. The van der Waals surface area contributed by atoms with E-state index in [4.69, 9.17) is 4.84 Å². The minimum atomic E-state index is -0.00943. The lowest BCUT2D eigenvalue weighted by Gasteiger charge is -2.41. The Morgan fingerprint density at radius 2 is 2.04 bits per heavy atom. The number of hydrogen-bond donors (Lipinski definition) is 0. The first-order chi connectivity index (χ1) is 12.6. The van der Waals surface area contributed by atoms with Crippen molar-refractivity contribution < 1.29 is 9.63 Å². The van der Waals surface area contributed by atoms with E-state index in [1.807, 2.05) is 41.7 Å². The Bertz CT molecular complexity index is 681. The van der Waals surface area contributed by atoms with Crippen molar-refractivity contribution in [2.45, 2.75) is 39.3 Å². The predicted octanol–water partition coefficient (Wildman–Crippen LogP) is 4.40. The van der Waals surface area contributed by atoms with Gasteiger partial charge in [0.25, 0.3) is 0 Å². The van der Waals surface area contributed by atoms with Gasteiger partial charge in [0.05, 0.1) is 6.04 Å². The molecule has 4 nitrogen and oxygen atoms in total. The van der Waals surface area contributed by atoms with E-state index in [9.17, 15) is 4.79 Å². The van der Waals surface area contributed by atoms with Crippen LogP contribution in [0.5, 0.6) is 0 Å². The fourth-order valence-corrected chi connectivity index (χ4v) is 4.33. The molecule has 0 N–H and O–H groups in total. The Morgan fingerprint density at radius 3 is 2.67 bits per heavy atom. The predicted molar refractivity (Wildman–Crippen MR) is 113 cm³/mol. The highest BCUT2D eigenvalue weighted by molar-refractivity contribution is 7.09. The zero-order chi connectivity index (χ0) is 18.4. The first kappa shape index (κ1) is 21.9. The zero-order valence-electron chi connectivity index (χ0n) is 16.0. The molecule has 2 heterocycles. The lowest BCUT2D eigenvalue weighted by Crippen LogP contribution is -2.51. The maximum absolute atomic E-state index is 12.2. The van der Waals surface area contributed by atoms with E-state index >= 15 is 0 Å². The standard InChI is InChI=1S/C21H28N2O2S.ClH/c1-17-15-22(12-10-20-9-6-14-26-20)13-11-21(17)23(18(2)24)25-16-19-7-4-3-5-8-19;/h3-9,14,17,21H,10-13,15-16H2,1-2H3;1H. The Morgan fingerprint density at radius 1 is 1.26 bits per heavy atom. The number of thiophene rings is 1. The third-order valence-electron chi connectivity index (χ3n) is 5.02. The lowest BCUT2D eigenvalue weighted by molar-refractivity contribution is -0.214. The second-order valence-electron chi connectivity index (χ2n) is 7.07. The van der Waals surface area contributed by atoms with Gasteiger partial charge in [-0.2, -0.15) is 0 Å².